The number of alkyl halides is 1. The Morgan fingerprint density at radius 2 is 1.88 bits per heavy atom. The van der Waals surface area contributed by atoms with Crippen LogP contribution in [0.1, 0.15) is 28.9 Å². The van der Waals surface area contributed by atoms with E-state index in [9.17, 15) is 9.18 Å². The topological polar surface area (TPSA) is 38.1 Å². The molecule has 3 aromatic rings. The highest BCUT2D eigenvalue weighted by atomic mass is 19.1. The molecule has 128 valence electrons. The van der Waals surface area contributed by atoms with E-state index in [2.05, 4.69) is 40.7 Å². The van der Waals surface area contributed by atoms with E-state index in [1.165, 1.54) is 5.56 Å². The summed E-state index contributed by atoms with van der Waals surface area (Å²) in [4.78, 5) is 18.7. The predicted octanol–water partition coefficient (Wildman–Crippen LogP) is 3.91. The molecule has 0 spiro atoms. The molecule has 0 N–H and O–H groups in total. The van der Waals surface area contributed by atoms with E-state index in [0.29, 0.717) is 31.6 Å². The van der Waals surface area contributed by atoms with Crippen molar-refractivity contribution in [2.24, 2.45) is 0 Å². The summed E-state index contributed by atoms with van der Waals surface area (Å²) < 4.78 is 15.3. The van der Waals surface area contributed by atoms with E-state index in [1.807, 2.05) is 18.3 Å². The van der Waals surface area contributed by atoms with Gasteiger partial charge in [0.1, 0.15) is 11.9 Å². The van der Waals surface area contributed by atoms with E-state index in [0.717, 1.165) is 16.6 Å². The monoisotopic (exact) mass is 337 g/mol. The number of fused-ring (bicyclic) bond motifs is 1. The molecule has 1 amide bonds. The van der Waals surface area contributed by atoms with Gasteiger partial charge < -0.3 is 9.47 Å². The highest BCUT2D eigenvalue weighted by Gasteiger charge is 2.24. The maximum Gasteiger partial charge on any atom is 0.272 e. The standard InChI is InChI=1S/C20H20FN3O/c1-14-2-4-17(5-3-14)24-11-6-15-12-18(22-13-19(15)24)20(25)23-9-7-16(21)8-10-23/h2-6,11-13,16H,7-10H2,1H3. The molecule has 0 radical (unpaired) electrons. The Kier molecular flexibility index (Phi) is 3.99. The van der Waals surface area contributed by atoms with Gasteiger partial charge in [0.2, 0.25) is 0 Å². The van der Waals surface area contributed by atoms with Crippen LogP contribution in [0.15, 0.2) is 48.8 Å². The minimum absolute atomic E-state index is 0.114. The number of benzene rings is 1. The summed E-state index contributed by atoms with van der Waals surface area (Å²) in [6, 6.07) is 12.1. The highest BCUT2D eigenvalue weighted by Crippen LogP contribution is 2.22. The number of likely N-dealkylation sites (tertiary alicyclic amines) is 1. The van der Waals surface area contributed by atoms with Gasteiger partial charge in [0.15, 0.2) is 0 Å². The molecule has 0 aliphatic carbocycles. The average Bonchev–Trinajstić information content (AvgIpc) is 3.05. The van der Waals surface area contributed by atoms with Crippen molar-refractivity contribution < 1.29 is 9.18 Å². The van der Waals surface area contributed by atoms with Crippen molar-refractivity contribution >= 4 is 16.8 Å². The van der Waals surface area contributed by atoms with E-state index >= 15 is 0 Å². The summed E-state index contributed by atoms with van der Waals surface area (Å²) in [5.41, 5.74) is 3.66. The maximum absolute atomic E-state index is 13.3. The number of aryl methyl sites for hydroxylation is 1. The molecule has 4 nitrogen and oxygen atoms in total. The number of pyridine rings is 1. The summed E-state index contributed by atoms with van der Waals surface area (Å²) >= 11 is 0. The first-order valence-electron chi connectivity index (χ1n) is 8.59. The number of halogens is 1. The molecule has 0 unspecified atom stereocenters. The Balaban J connectivity index is 1.63. The van der Waals surface area contributed by atoms with Crippen LogP contribution in [0.3, 0.4) is 0 Å². The lowest BCUT2D eigenvalue weighted by Crippen LogP contribution is -2.39. The van der Waals surface area contributed by atoms with Gasteiger partial charge >= 0.3 is 0 Å². The number of nitrogens with zero attached hydrogens (tertiary/aromatic N) is 3. The lowest BCUT2D eigenvalue weighted by Gasteiger charge is -2.28. The molecule has 0 bridgehead atoms. The second-order valence-electron chi connectivity index (χ2n) is 6.62. The van der Waals surface area contributed by atoms with Gasteiger partial charge in [0.25, 0.3) is 5.91 Å². The van der Waals surface area contributed by atoms with Crippen LogP contribution < -0.4 is 0 Å². The second kappa shape index (κ2) is 6.31. The maximum atomic E-state index is 13.3. The van der Waals surface area contributed by atoms with E-state index in [-0.39, 0.29) is 5.91 Å². The summed E-state index contributed by atoms with van der Waals surface area (Å²) in [5.74, 6) is -0.114. The number of carbonyl (C=O) groups excluding carboxylic acids is 1. The fraction of sp³-hybridized carbons (Fsp3) is 0.300. The van der Waals surface area contributed by atoms with Crippen LogP contribution >= 0.6 is 0 Å². The third kappa shape index (κ3) is 3.02. The molecule has 1 aliphatic heterocycles. The van der Waals surface area contributed by atoms with Gasteiger partial charge in [-0.3, -0.25) is 4.79 Å². The number of piperidine rings is 1. The largest absolute Gasteiger partial charge is 0.337 e. The van der Waals surface area contributed by atoms with Gasteiger partial charge in [-0.25, -0.2) is 9.37 Å². The molecule has 5 heteroatoms. The fourth-order valence-corrected chi connectivity index (χ4v) is 3.29. The number of amides is 1. The van der Waals surface area contributed by atoms with Crippen LogP contribution in [0, 0.1) is 6.92 Å². The first-order valence-corrected chi connectivity index (χ1v) is 8.59. The Bertz CT molecular complexity index is 908. The Labute approximate surface area is 145 Å². The van der Waals surface area contributed by atoms with Gasteiger partial charge in [-0.1, -0.05) is 17.7 Å². The van der Waals surface area contributed by atoms with E-state index in [1.54, 1.807) is 11.1 Å². The zero-order valence-electron chi connectivity index (χ0n) is 14.2. The minimum Gasteiger partial charge on any atom is -0.337 e. The zero-order chi connectivity index (χ0) is 17.4. The molecule has 0 atom stereocenters. The van der Waals surface area contributed by atoms with Crippen LogP contribution in [0.2, 0.25) is 0 Å². The number of carbonyl (C=O) groups is 1. The first kappa shape index (κ1) is 15.8. The molecule has 25 heavy (non-hydrogen) atoms. The molecule has 3 heterocycles. The summed E-state index contributed by atoms with van der Waals surface area (Å²) in [6.45, 7) is 2.98. The van der Waals surface area contributed by atoms with Gasteiger partial charge in [0.05, 0.1) is 11.7 Å². The minimum atomic E-state index is -0.789. The third-order valence-corrected chi connectivity index (χ3v) is 4.82. The molecular formula is C20H20FN3O. The smallest absolute Gasteiger partial charge is 0.272 e. The molecule has 1 saturated heterocycles. The number of hydrogen-bond donors (Lipinski definition) is 0. The van der Waals surface area contributed by atoms with Crippen molar-refractivity contribution in [1.82, 2.24) is 14.5 Å². The molecular weight excluding hydrogens is 317 g/mol. The van der Waals surface area contributed by atoms with Crippen LogP contribution in [0.4, 0.5) is 4.39 Å². The normalized spacial score (nSPS) is 15.7. The SMILES string of the molecule is Cc1ccc(-n2ccc3cc(C(=O)N4CCC(F)CC4)ncc32)cc1. The van der Waals surface area contributed by atoms with Crippen molar-refractivity contribution in [2.45, 2.75) is 25.9 Å². The lowest BCUT2D eigenvalue weighted by molar-refractivity contribution is 0.0661. The third-order valence-electron chi connectivity index (χ3n) is 4.82. The van der Waals surface area contributed by atoms with Crippen LogP contribution in [-0.4, -0.2) is 39.6 Å². The Morgan fingerprint density at radius 3 is 2.60 bits per heavy atom. The Morgan fingerprint density at radius 1 is 1.16 bits per heavy atom. The molecule has 1 aromatic carbocycles. The van der Waals surface area contributed by atoms with Gasteiger partial charge in [-0.2, -0.15) is 0 Å². The molecule has 1 fully saturated rings. The van der Waals surface area contributed by atoms with Gasteiger partial charge in [-0.05, 0) is 44.0 Å². The molecule has 2 aromatic heterocycles. The van der Waals surface area contributed by atoms with Crippen molar-refractivity contribution in [1.29, 1.82) is 0 Å². The van der Waals surface area contributed by atoms with Crippen LogP contribution in [0.25, 0.3) is 16.6 Å². The molecule has 0 saturated carbocycles. The quantitative estimate of drug-likeness (QED) is 0.711. The van der Waals surface area contributed by atoms with Gasteiger partial charge in [-0.15, -0.1) is 0 Å². The molecule has 1 aliphatic rings. The first-order chi connectivity index (χ1) is 12.1. The van der Waals surface area contributed by atoms with Crippen LogP contribution in [-0.2, 0) is 0 Å². The number of rotatable bonds is 2. The van der Waals surface area contributed by atoms with Crippen molar-refractivity contribution in [3.8, 4) is 5.69 Å². The number of hydrogen-bond acceptors (Lipinski definition) is 2. The fourth-order valence-electron chi connectivity index (χ4n) is 3.29. The lowest BCUT2D eigenvalue weighted by atomic mass is 10.1. The summed E-state index contributed by atoms with van der Waals surface area (Å²) in [6.07, 6.45) is 3.77. The highest BCUT2D eigenvalue weighted by molar-refractivity contribution is 5.96. The number of aromatic nitrogens is 2. The van der Waals surface area contributed by atoms with Crippen molar-refractivity contribution in [3.63, 3.8) is 0 Å². The van der Waals surface area contributed by atoms with Crippen LogP contribution in [0.5, 0.6) is 0 Å². The van der Waals surface area contributed by atoms with Crippen molar-refractivity contribution in [3.05, 3.63) is 60.0 Å². The van der Waals surface area contributed by atoms with Crippen molar-refractivity contribution in [2.75, 3.05) is 13.1 Å². The zero-order valence-corrected chi connectivity index (χ0v) is 14.2. The second-order valence-corrected chi connectivity index (χ2v) is 6.62. The average molecular weight is 337 g/mol. The predicted molar refractivity (Wildman–Crippen MR) is 95.8 cm³/mol. The summed E-state index contributed by atoms with van der Waals surface area (Å²) in [5, 5.41) is 0.972. The van der Waals surface area contributed by atoms with E-state index < -0.39 is 6.17 Å². The molecule has 4 rings (SSSR count). The van der Waals surface area contributed by atoms with Gasteiger partial charge in [0, 0.05) is 30.4 Å². The Hall–Kier alpha value is -2.69. The van der Waals surface area contributed by atoms with E-state index in [4.69, 9.17) is 0 Å². The summed E-state index contributed by atoms with van der Waals surface area (Å²) in [7, 11) is 0.